The molecule has 2 fully saturated rings. The van der Waals surface area contributed by atoms with Gasteiger partial charge in [-0.05, 0) is 50.8 Å². The van der Waals surface area contributed by atoms with Gasteiger partial charge in [-0.1, -0.05) is 6.07 Å². The van der Waals surface area contributed by atoms with E-state index in [1.165, 1.54) is 16.4 Å². The summed E-state index contributed by atoms with van der Waals surface area (Å²) in [7, 11) is -3.87. The van der Waals surface area contributed by atoms with Gasteiger partial charge >= 0.3 is 11.9 Å². The van der Waals surface area contributed by atoms with E-state index in [0.29, 0.717) is 24.8 Å². The second-order valence-corrected chi connectivity index (χ2v) is 8.35. The van der Waals surface area contributed by atoms with E-state index in [2.05, 4.69) is 0 Å². The Morgan fingerprint density at radius 1 is 1.32 bits per heavy atom. The third kappa shape index (κ3) is 2.93. The molecule has 0 aliphatic carbocycles. The Morgan fingerprint density at radius 2 is 2.04 bits per heavy atom. The highest BCUT2D eigenvalue weighted by atomic mass is 32.2. The minimum absolute atomic E-state index is 0.00379. The summed E-state index contributed by atoms with van der Waals surface area (Å²) < 4.78 is 32.5. The quantitative estimate of drug-likeness (QED) is 0.797. The number of aliphatic carboxylic acids is 1. The number of carbonyl (C=O) groups excluding carboxylic acids is 1. The van der Waals surface area contributed by atoms with E-state index in [1.54, 1.807) is 19.9 Å². The lowest BCUT2D eigenvalue weighted by molar-refractivity contribution is -0.142. The molecule has 1 N–H and O–H groups in total. The van der Waals surface area contributed by atoms with Gasteiger partial charge in [-0.25, -0.2) is 13.2 Å². The number of ether oxygens (including phenoxy) is 1. The first-order valence-corrected chi connectivity index (χ1v) is 9.75. The van der Waals surface area contributed by atoms with E-state index >= 15 is 0 Å². The van der Waals surface area contributed by atoms with Crippen LogP contribution in [0.15, 0.2) is 23.1 Å². The highest BCUT2D eigenvalue weighted by molar-refractivity contribution is 7.89. The summed E-state index contributed by atoms with van der Waals surface area (Å²) in [5.74, 6) is -2.18. The molecular formula is C17H21NO6S. The van der Waals surface area contributed by atoms with E-state index in [0.717, 1.165) is 0 Å². The standard InChI is InChI=1S/C17H21NO6S/c1-3-24-17(21)13-9-12(6-4-10(13)2)25(22,23)18-11-5-7-15(18)14(8-11)16(19)20/h4,6,9,11,14-15H,3,5,7-8H2,1-2H3,(H,19,20). The number of carboxylic acid groups (broad SMARTS) is 1. The number of sulfonamides is 1. The van der Waals surface area contributed by atoms with Crippen molar-refractivity contribution in [2.24, 2.45) is 5.92 Å². The van der Waals surface area contributed by atoms with Crippen LogP contribution < -0.4 is 0 Å². The molecule has 7 nitrogen and oxygen atoms in total. The van der Waals surface area contributed by atoms with Gasteiger partial charge in [0, 0.05) is 12.1 Å². The molecular weight excluding hydrogens is 346 g/mol. The number of hydrogen-bond donors (Lipinski definition) is 1. The second kappa shape index (κ2) is 6.42. The summed E-state index contributed by atoms with van der Waals surface area (Å²) in [6.45, 7) is 3.59. The Labute approximate surface area is 146 Å². The van der Waals surface area contributed by atoms with Crippen molar-refractivity contribution in [2.75, 3.05) is 6.61 Å². The van der Waals surface area contributed by atoms with Gasteiger partial charge in [0.1, 0.15) is 0 Å². The van der Waals surface area contributed by atoms with E-state index in [9.17, 15) is 23.1 Å². The highest BCUT2D eigenvalue weighted by Gasteiger charge is 2.54. The molecule has 3 rings (SSSR count). The second-order valence-electron chi connectivity index (χ2n) is 6.51. The predicted molar refractivity (Wildman–Crippen MR) is 88.7 cm³/mol. The van der Waals surface area contributed by atoms with Crippen LogP contribution in [0.4, 0.5) is 0 Å². The zero-order chi connectivity index (χ0) is 18.4. The largest absolute Gasteiger partial charge is 0.481 e. The van der Waals surface area contributed by atoms with Crippen molar-refractivity contribution >= 4 is 22.0 Å². The number of carbonyl (C=O) groups is 2. The summed E-state index contributed by atoms with van der Waals surface area (Å²) in [6, 6.07) is 3.56. The van der Waals surface area contributed by atoms with Crippen LogP contribution in [-0.4, -0.2) is 48.5 Å². The zero-order valence-electron chi connectivity index (χ0n) is 14.1. The van der Waals surface area contributed by atoms with E-state index in [-0.39, 0.29) is 23.1 Å². The Morgan fingerprint density at radius 3 is 2.64 bits per heavy atom. The van der Waals surface area contributed by atoms with Crippen LogP contribution in [0.1, 0.15) is 42.1 Å². The van der Waals surface area contributed by atoms with Crippen LogP contribution in [-0.2, 0) is 19.6 Å². The Bertz CT molecular complexity index is 818. The number of fused-ring (bicyclic) bond motifs is 2. The topological polar surface area (TPSA) is 101 Å². The third-order valence-corrected chi connectivity index (χ3v) is 7.04. The van der Waals surface area contributed by atoms with Crippen LogP contribution in [0.25, 0.3) is 0 Å². The smallest absolute Gasteiger partial charge is 0.338 e. The first-order chi connectivity index (χ1) is 11.8. The lowest BCUT2D eigenvalue weighted by Crippen LogP contribution is -2.37. The first kappa shape index (κ1) is 17.9. The Balaban J connectivity index is 1.98. The molecule has 0 aromatic heterocycles. The molecule has 2 saturated heterocycles. The first-order valence-electron chi connectivity index (χ1n) is 8.31. The Kier molecular flexibility index (Phi) is 4.59. The van der Waals surface area contributed by atoms with Crippen molar-refractivity contribution in [3.05, 3.63) is 29.3 Å². The zero-order valence-corrected chi connectivity index (χ0v) is 15.0. The number of hydrogen-bond acceptors (Lipinski definition) is 5. The summed E-state index contributed by atoms with van der Waals surface area (Å²) in [5.41, 5.74) is 0.842. The molecule has 2 bridgehead atoms. The number of nitrogens with zero attached hydrogens (tertiary/aromatic N) is 1. The molecule has 3 atom stereocenters. The monoisotopic (exact) mass is 367 g/mol. The maximum atomic E-state index is 13.1. The van der Waals surface area contributed by atoms with Gasteiger partial charge in [0.2, 0.25) is 10.0 Å². The molecule has 0 radical (unpaired) electrons. The number of carboxylic acids is 1. The fraction of sp³-hybridized carbons (Fsp3) is 0.529. The molecule has 1 aromatic carbocycles. The lowest BCUT2D eigenvalue weighted by Gasteiger charge is -2.23. The van der Waals surface area contributed by atoms with Crippen molar-refractivity contribution in [2.45, 2.75) is 50.1 Å². The summed E-state index contributed by atoms with van der Waals surface area (Å²) >= 11 is 0. The van der Waals surface area contributed by atoms with Gasteiger partial charge in [0.25, 0.3) is 0 Å². The molecule has 8 heteroatoms. The number of esters is 1. The molecule has 136 valence electrons. The normalized spacial score (nSPS) is 25.9. The molecule has 2 heterocycles. The highest BCUT2D eigenvalue weighted by Crippen LogP contribution is 2.45. The van der Waals surface area contributed by atoms with Crippen LogP contribution in [0.5, 0.6) is 0 Å². The van der Waals surface area contributed by atoms with Crippen molar-refractivity contribution in [1.29, 1.82) is 0 Å². The summed E-state index contributed by atoms with van der Waals surface area (Å²) in [4.78, 5) is 23.4. The van der Waals surface area contributed by atoms with Crippen LogP contribution in [0.2, 0.25) is 0 Å². The Hall–Kier alpha value is -1.93. The van der Waals surface area contributed by atoms with E-state index < -0.39 is 33.9 Å². The third-order valence-electron chi connectivity index (χ3n) is 5.07. The predicted octanol–water partition coefficient (Wildman–Crippen LogP) is 1.80. The molecule has 0 spiro atoms. The number of aryl methyl sites for hydroxylation is 1. The average molecular weight is 367 g/mol. The number of benzene rings is 1. The van der Waals surface area contributed by atoms with E-state index in [1.807, 2.05) is 0 Å². The van der Waals surface area contributed by atoms with Gasteiger partial charge < -0.3 is 9.84 Å². The minimum atomic E-state index is -3.87. The van der Waals surface area contributed by atoms with Gasteiger partial charge in [-0.3, -0.25) is 4.79 Å². The average Bonchev–Trinajstić information content (AvgIpc) is 3.14. The summed E-state index contributed by atoms with van der Waals surface area (Å²) in [6.07, 6.45) is 1.57. The maximum absolute atomic E-state index is 13.1. The lowest BCUT2D eigenvalue weighted by atomic mass is 9.89. The minimum Gasteiger partial charge on any atom is -0.481 e. The van der Waals surface area contributed by atoms with Gasteiger partial charge in [-0.15, -0.1) is 0 Å². The van der Waals surface area contributed by atoms with E-state index in [4.69, 9.17) is 4.74 Å². The van der Waals surface area contributed by atoms with Crippen molar-refractivity contribution < 1.29 is 27.9 Å². The van der Waals surface area contributed by atoms with Crippen LogP contribution >= 0.6 is 0 Å². The van der Waals surface area contributed by atoms with Crippen molar-refractivity contribution in [3.8, 4) is 0 Å². The van der Waals surface area contributed by atoms with Gasteiger partial charge in [0.15, 0.2) is 0 Å². The molecule has 0 saturated carbocycles. The van der Waals surface area contributed by atoms with Gasteiger partial charge in [0.05, 0.1) is 23.0 Å². The summed E-state index contributed by atoms with van der Waals surface area (Å²) in [5, 5.41) is 9.32. The van der Waals surface area contributed by atoms with Crippen LogP contribution in [0, 0.1) is 12.8 Å². The van der Waals surface area contributed by atoms with Crippen LogP contribution in [0.3, 0.4) is 0 Å². The van der Waals surface area contributed by atoms with Crippen molar-refractivity contribution in [1.82, 2.24) is 4.31 Å². The molecule has 2 aliphatic rings. The van der Waals surface area contributed by atoms with Gasteiger partial charge in [-0.2, -0.15) is 4.31 Å². The molecule has 1 aromatic rings. The SMILES string of the molecule is CCOC(=O)c1cc(S(=O)(=O)N2C3CCC2C(C(=O)O)C3)ccc1C. The number of rotatable bonds is 5. The molecule has 3 unspecified atom stereocenters. The maximum Gasteiger partial charge on any atom is 0.338 e. The molecule has 0 amide bonds. The molecule has 25 heavy (non-hydrogen) atoms. The fourth-order valence-electron chi connectivity index (χ4n) is 3.89. The van der Waals surface area contributed by atoms with Crippen molar-refractivity contribution in [3.63, 3.8) is 0 Å². The fourth-order valence-corrected chi connectivity index (χ4v) is 5.83. The molecule has 2 aliphatic heterocycles.